The predicted octanol–water partition coefficient (Wildman–Crippen LogP) is -1.26. The Morgan fingerprint density at radius 3 is 1.71 bits per heavy atom. The molecule has 1 heterocycles. The van der Waals surface area contributed by atoms with Crippen molar-refractivity contribution >= 4 is 6.20 Å². The van der Waals surface area contributed by atoms with Crippen LogP contribution in [0, 0.1) is 0 Å². The molecule has 0 radical (unpaired) electrons. The fraction of sp³-hybridized carbons (Fsp3) is 0.375. The lowest BCUT2D eigenvalue weighted by molar-refractivity contribution is 0.591. The molecule has 0 saturated heterocycles. The fourth-order valence-corrected chi connectivity index (χ4v) is 1.07. The van der Waals surface area contributed by atoms with Gasteiger partial charge in [-0.05, 0) is 6.92 Å². The minimum Gasteiger partial charge on any atom is -0.248 e. The number of nitrogens with zero attached hydrogens (tertiary/aromatic N) is 3. The molecule has 0 amide bonds. The van der Waals surface area contributed by atoms with Crippen LogP contribution in [0.3, 0.4) is 0 Å². The average Bonchev–Trinajstić information content (AvgIpc) is 2.19. The van der Waals surface area contributed by atoms with Gasteiger partial charge in [0.05, 0.1) is 0 Å². The molecular weight excluding hydrogens is 186 g/mol. The van der Waals surface area contributed by atoms with Gasteiger partial charge < -0.3 is 0 Å². The highest BCUT2D eigenvalue weighted by atomic mass is 16.2. The van der Waals surface area contributed by atoms with Crippen LogP contribution in [0.5, 0.6) is 0 Å². The van der Waals surface area contributed by atoms with Gasteiger partial charge in [0.2, 0.25) is 0 Å². The number of hydrogen-bond acceptors (Lipinski definition) is 3. The van der Waals surface area contributed by atoms with Crippen LogP contribution in [0.15, 0.2) is 20.5 Å². The van der Waals surface area contributed by atoms with E-state index in [-0.39, 0.29) is 0 Å². The summed E-state index contributed by atoms with van der Waals surface area (Å²) < 4.78 is 2.63. The summed E-state index contributed by atoms with van der Waals surface area (Å²) >= 11 is 0. The second kappa shape index (κ2) is 3.49. The SMILES string of the molecule is CC=Cn1c(=O)n(C)c(=O)n(C)c1=O. The van der Waals surface area contributed by atoms with Crippen molar-refractivity contribution < 1.29 is 0 Å². The minimum absolute atomic E-state index is 0.624. The Balaban J connectivity index is 3.88. The molecular formula is C8H11N3O3. The van der Waals surface area contributed by atoms with Gasteiger partial charge in [0.1, 0.15) is 0 Å². The number of rotatable bonds is 1. The third-order valence-electron chi connectivity index (χ3n) is 1.86. The second-order valence-electron chi connectivity index (χ2n) is 2.82. The molecule has 0 aliphatic rings. The van der Waals surface area contributed by atoms with Crippen LogP contribution < -0.4 is 17.1 Å². The van der Waals surface area contributed by atoms with E-state index in [1.54, 1.807) is 13.0 Å². The maximum Gasteiger partial charge on any atom is 0.340 e. The number of allylic oxidation sites excluding steroid dienone is 1. The molecule has 0 atom stereocenters. The predicted molar refractivity (Wildman–Crippen MR) is 52.2 cm³/mol. The fourth-order valence-electron chi connectivity index (χ4n) is 1.07. The molecule has 0 N–H and O–H groups in total. The Bertz CT molecular complexity index is 504. The normalized spacial score (nSPS) is 11.1. The van der Waals surface area contributed by atoms with Gasteiger partial charge in [0, 0.05) is 20.3 Å². The van der Waals surface area contributed by atoms with Crippen molar-refractivity contribution in [2.45, 2.75) is 6.92 Å². The van der Waals surface area contributed by atoms with Crippen LogP contribution >= 0.6 is 0 Å². The van der Waals surface area contributed by atoms with Crippen LogP contribution in [-0.4, -0.2) is 13.7 Å². The summed E-state index contributed by atoms with van der Waals surface area (Å²) in [5.41, 5.74) is -1.91. The quantitative estimate of drug-likeness (QED) is 0.564. The van der Waals surface area contributed by atoms with Crippen molar-refractivity contribution in [2.24, 2.45) is 14.1 Å². The van der Waals surface area contributed by atoms with E-state index in [4.69, 9.17) is 0 Å². The molecule has 1 rings (SSSR count). The van der Waals surface area contributed by atoms with Crippen LogP contribution in [0.4, 0.5) is 0 Å². The van der Waals surface area contributed by atoms with Crippen molar-refractivity contribution in [3.63, 3.8) is 0 Å². The Morgan fingerprint density at radius 2 is 1.36 bits per heavy atom. The van der Waals surface area contributed by atoms with E-state index in [9.17, 15) is 14.4 Å². The summed E-state index contributed by atoms with van der Waals surface area (Å²) in [5.74, 6) is 0. The highest BCUT2D eigenvalue weighted by Gasteiger charge is 2.07. The van der Waals surface area contributed by atoms with Crippen molar-refractivity contribution in [3.05, 3.63) is 37.5 Å². The molecule has 0 bridgehead atoms. The zero-order chi connectivity index (χ0) is 10.9. The first kappa shape index (κ1) is 10.2. The highest BCUT2D eigenvalue weighted by molar-refractivity contribution is 5.18. The largest absolute Gasteiger partial charge is 0.340 e. The maximum atomic E-state index is 11.4. The Hall–Kier alpha value is -1.85. The van der Waals surface area contributed by atoms with Gasteiger partial charge in [-0.15, -0.1) is 0 Å². The Kier molecular flexibility index (Phi) is 2.55. The summed E-state index contributed by atoms with van der Waals surface area (Å²) in [6.07, 6.45) is 2.87. The smallest absolute Gasteiger partial charge is 0.248 e. The molecule has 0 aromatic carbocycles. The Morgan fingerprint density at radius 1 is 0.929 bits per heavy atom. The molecule has 0 fully saturated rings. The van der Waals surface area contributed by atoms with Gasteiger partial charge in [0.15, 0.2) is 0 Å². The summed E-state index contributed by atoms with van der Waals surface area (Å²) in [6.45, 7) is 1.68. The van der Waals surface area contributed by atoms with E-state index >= 15 is 0 Å². The van der Waals surface area contributed by atoms with E-state index in [1.807, 2.05) is 0 Å². The molecule has 76 valence electrons. The third-order valence-corrected chi connectivity index (χ3v) is 1.86. The molecule has 0 unspecified atom stereocenters. The number of hydrogen-bond donors (Lipinski definition) is 0. The van der Waals surface area contributed by atoms with E-state index < -0.39 is 17.1 Å². The molecule has 1 aromatic heterocycles. The second-order valence-corrected chi connectivity index (χ2v) is 2.82. The van der Waals surface area contributed by atoms with Crippen molar-refractivity contribution in [1.29, 1.82) is 0 Å². The Labute approximate surface area is 79.3 Å². The van der Waals surface area contributed by atoms with E-state index in [1.165, 1.54) is 20.3 Å². The topological polar surface area (TPSA) is 66.0 Å². The van der Waals surface area contributed by atoms with Gasteiger partial charge in [-0.25, -0.2) is 28.1 Å². The van der Waals surface area contributed by atoms with Gasteiger partial charge in [0.25, 0.3) is 0 Å². The lowest BCUT2D eigenvalue weighted by Crippen LogP contribution is -2.51. The van der Waals surface area contributed by atoms with Gasteiger partial charge in [-0.1, -0.05) is 6.08 Å². The summed E-state index contributed by atoms with van der Waals surface area (Å²) in [6, 6.07) is 0. The maximum absolute atomic E-state index is 11.4. The average molecular weight is 197 g/mol. The van der Waals surface area contributed by atoms with Crippen molar-refractivity contribution in [1.82, 2.24) is 13.7 Å². The molecule has 0 spiro atoms. The van der Waals surface area contributed by atoms with E-state index in [0.29, 0.717) is 0 Å². The van der Waals surface area contributed by atoms with E-state index in [0.717, 1.165) is 13.7 Å². The molecule has 14 heavy (non-hydrogen) atoms. The summed E-state index contributed by atoms with van der Waals surface area (Å²) in [4.78, 5) is 34.1. The first-order chi connectivity index (χ1) is 6.50. The molecule has 0 aliphatic carbocycles. The van der Waals surface area contributed by atoms with Gasteiger partial charge >= 0.3 is 17.1 Å². The van der Waals surface area contributed by atoms with E-state index in [2.05, 4.69) is 0 Å². The van der Waals surface area contributed by atoms with Gasteiger partial charge in [-0.3, -0.25) is 0 Å². The lowest BCUT2D eigenvalue weighted by Gasteiger charge is -2.03. The number of aromatic nitrogens is 3. The zero-order valence-electron chi connectivity index (χ0n) is 8.22. The molecule has 1 aromatic rings. The van der Waals surface area contributed by atoms with Crippen LogP contribution in [0.25, 0.3) is 6.20 Å². The van der Waals surface area contributed by atoms with Crippen molar-refractivity contribution in [3.8, 4) is 0 Å². The van der Waals surface area contributed by atoms with Crippen LogP contribution in [0.1, 0.15) is 6.92 Å². The summed E-state index contributed by atoms with van der Waals surface area (Å²) in [5, 5.41) is 0. The zero-order valence-corrected chi connectivity index (χ0v) is 8.22. The molecule has 0 saturated carbocycles. The molecule has 6 heteroatoms. The van der Waals surface area contributed by atoms with Crippen LogP contribution in [-0.2, 0) is 14.1 Å². The molecule has 6 nitrogen and oxygen atoms in total. The summed E-state index contributed by atoms with van der Waals surface area (Å²) in [7, 11) is 2.65. The monoisotopic (exact) mass is 197 g/mol. The standard InChI is InChI=1S/C8H11N3O3/c1-4-5-11-7(13)9(2)6(12)10(3)8(11)14/h4-5H,1-3H3. The first-order valence-electron chi connectivity index (χ1n) is 4.02. The minimum atomic E-state index is -0.642. The first-order valence-corrected chi connectivity index (χ1v) is 4.02. The van der Waals surface area contributed by atoms with Gasteiger partial charge in [-0.2, -0.15) is 0 Å². The highest BCUT2D eigenvalue weighted by Crippen LogP contribution is 1.72. The lowest BCUT2D eigenvalue weighted by atomic mass is 10.7. The van der Waals surface area contributed by atoms with Crippen LogP contribution in [0.2, 0.25) is 0 Å². The third kappa shape index (κ3) is 1.34. The van der Waals surface area contributed by atoms with Crippen molar-refractivity contribution in [2.75, 3.05) is 0 Å². The molecule has 0 aliphatic heterocycles.